The summed E-state index contributed by atoms with van der Waals surface area (Å²) in [6.45, 7) is 10.9. The lowest BCUT2D eigenvalue weighted by atomic mass is 9.65. The van der Waals surface area contributed by atoms with Crippen LogP contribution in [0.25, 0.3) is 11.1 Å². The van der Waals surface area contributed by atoms with Crippen LogP contribution in [0.15, 0.2) is 48.6 Å². The number of benzene rings is 2. The number of anilines is 1. The Hall–Kier alpha value is -2.83. The van der Waals surface area contributed by atoms with Crippen LogP contribution in [0, 0.1) is 0 Å². The van der Waals surface area contributed by atoms with Gasteiger partial charge in [0.2, 0.25) is 11.8 Å². The van der Waals surface area contributed by atoms with Gasteiger partial charge >= 0.3 is 5.97 Å². The second-order valence-electron chi connectivity index (χ2n) is 10.2. The number of hydrogen-bond donors (Lipinski definition) is 1. The number of ether oxygens (including phenoxy) is 1. The largest absolute Gasteiger partial charge is 0.459 e. The van der Waals surface area contributed by atoms with Crippen LogP contribution >= 0.6 is 23.2 Å². The van der Waals surface area contributed by atoms with E-state index in [9.17, 15) is 14.4 Å². The lowest BCUT2D eigenvalue weighted by Gasteiger charge is -2.47. The molecule has 1 fully saturated rings. The summed E-state index contributed by atoms with van der Waals surface area (Å²) in [4.78, 5) is 41.1. The minimum absolute atomic E-state index is 0.0943. The number of likely N-dealkylation sites (tertiary alicyclic amines) is 1. The van der Waals surface area contributed by atoms with E-state index in [1.54, 1.807) is 45.9 Å². The maximum atomic E-state index is 13.8. The number of fused-ring (bicyclic) bond motifs is 2. The van der Waals surface area contributed by atoms with Crippen LogP contribution in [0.4, 0.5) is 5.69 Å². The van der Waals surface area contributed by atoms with Crippen molar-refractivity contribution < 1.29 is 19.1 Å². The van der Waals surface area contributed by atoms with Gasteiger partial charge < -0.3 is 15.0 Å². The highest BCUT2D eigenvalue weighted by molar-refractivity contribution is 6.32. The van der Waals surface area contributed by atoms with Crippen LogP contribution < -0.4 is 5.32 Å². The SMILES string of the molecule is C=C(C)[C@@H]1N(CC(=O)OC(C)(C)C)C(=O)CC[C@]12C(=O)Nc1cc(Cl)cc(-c3cccc(Cl)c3)c12. The smallest absolute Gasteiger partial charge is 0.326 e. The summed E-state index contributed by atoms with van der Waals surface area (Å²) >= 11 is 12.7. The van der Waals surface area contributed by atoms with Crippen LogP contribution in [-0.2, 0) is 24.5 Å². The fourth-order valence-electron chi connectivity index (χ4n) is 5.29. The summed E-state index contributed by atoms with van der Waals surface area (Å²) in [5.74, 6) is -1.03. The summed E-state index contributed by atoms with van der Waals surface area (Å²) in [6.07, 6.45) is 0.360. The number of carbonyl (C=O) groups excluding carboxylic acids is 3. The van der Waals surface area contributed by atoms with Crippen molar-refractivity contribution >= 4 is 46.7 Å². The van der Waals surface area contributed by atoms with Gasteiger partial charge in [-0.2, -0.15) is 0 Å². The molecule has 4 rings (SSSR count). The molecule has 6 nitrogen and oxygen atoms in total. The van der Waals surface area contributed by atoms with Crippen LogP contribution in [0.1, 0.15) is 46.1 Å². The third kappa shape index (κ3) is 4.57. The van der Waals surface area contributed by atoms with Gasteiger partial charge in [0.1, 0.15) is 17.6 Å². The van der Waals surface area contributed by atoms with Gasteiger partial charge in [0, 0.05) is 27.7 Å². The Morgan fingerprint density at radius 3 is 2.54 bits per heavy atom. The molecule has 2 heterocycles. The molecule has 0 radical (unpaired) electrons. The van der Waals surface area contributed by atoms with Gasteiger partial charge in [-0.3, -0.25) is 14.4 Å². The van der Waals surface area contributed by atoms with Gasteiger partial charge in [-0.25, -0.2) is 0 Å². The Kier molecular flexibility index (Phi) is 6.49. The normalized spacial score (nSPS) is 21.7. The fraction of sp³-hybridized carbons (Fsp3) is 0.370. The molecule has 0 aromatic heterocycles. The second-order valence-corrected chi connectivity index (χ2v) is 11.0. The Bertz CT molecular complexity index is 1250. The first-order valence-electron chi connectivity index (χ1n) is 11.4. The first kappa shape index (κ1) is 25.3. The molecule has 0 aliphatic carbocycles. The van der Waals surface area contributed by atoms with Crippen molar-refractivity contribution in [2.45, 2.75) is 57.6 Å². The van der Waals surface area contributed by atoms with Crippen molar-refractivity contribution in [3.05, 3.63) is 64.2 Å². The molecule has 2 atom stereocenters. The zero-order chi connectivity index (χ0) is 25.7. The number of halogens is 2. The van der Waals surface area contributed by atoms with E-state index in [-0.39, 0.29) is 31.2 Å². The number of hydrogen-bond acceptors (Lipinski definition) is 4. The quantitative estimate of drug-likeness (QED) is 0.415. The predicted octanol–water partition coefficient (Wildman–Crippen LogP) is 5.76. The van der Waals surface area contributed by atoms with Crippen molar-refractivity contribution in [3.63, 3.8) is 0 Å². The minimum atomic E-state index is -1.15. The number of amides is 2. The lowest BCUT2D eigenvalue weighted by Crippen LogP contribution is -2.61. The van der Waals surface area contributed by atoms with Crippen molar-refractivity contribution in [2.75, 3.05) is 11.9 Å². The zero-order valence-corrected chi connectivity index (χ0v) is 21.7. The van der Waals surface area contributed by atoms with Crippen molar-refractivity contribution in [1.82, 2.24) is 4.90 Å². The minimum Gasteiger partial charge on any atom is -0.459 e. The summed E-state index contributed by atoms with van der Waals surface area (Å²) in [7, 11) is 0. The first-order valence-corrected chi connectivity index (χ1v) is 12.2. The van der Waals surface area contributed by atoms with E-state index < -0.39 is 23.0 Å². The second kappa shape index (κ2) is 8.99. The maximum Gasteiger partial charge on any atom is 0.326 e. The Morgan fingerprint density at radius 2 is 1.91 bits per heavy atom. The third-order valence-electron chi connectivity index (χ3n) is 6.36. The molecule has 35 heavy (non-hydrogen) atoms. The van der Waals surface area contributed by atoms with Crippen LogP contribution in [-0.4, -0.2) is 40.9 Å². The molecule has 184 valence electrons. The number of rotatable bonds is 4. The van der Waals surface area contributed by atoms with E-state index in [4.69, 9.17) is 27.9 Å². The molecule has 1 spiro atoms. The van der Waals surface area contributed by atoms with Gasteiger partial charge in [0.15, 0.2) is 0 Å². The van der Waals surface area contributed by atoms with Gasteiger partial charge in [-0.1, -0.05) is 47.5 Å². The highest BCUT2D eigenvalue weighted by Gasteiger charge is 2.59. The molecule has 2 aromatic carbocycles. The molecule has 0 bridgehead atoms. The van der Waals surface area contributed by atoms with Crippen LogP contribution in [0.3, 0.4) is 0 Å². The number of nitrogens with zero attached hydrogens (tertiary/aromatic N) is 1. The summed E-state index contributed by atoms with van der Waals surface area (Å²) in [6, 6.07) is 10.1. The Morgan fingerprint density at radius 1 is 1.20 bits per heavy atom. The molecule has 8 heteroatoms. The maximum absolute atomic E-state index is 13.8. The van der Waals surface area contributed by atoms with E-state index in [2.05, 4.69) is 11.9 Å². The zero-order valence-electron chi connectivity index (χ0n) is 20.2. The van der Waals surface area contributed by atoms with Crippen LogP contribution in [0.5, 0.6) is 0 Å². The number of carbonyl (C=O) groups is 3. The van der Waals surface area contributed by atoms with Crippen LogP contribution in [0.2, 0.25) is 10.0 Å². The van der Waals surface area contributed by atoms with Crippen molar-refractivity contribution in [1.29, 1.82) is 0 Å². The molecule has 1 saturated heterocycles. The fourth-order valence-corrected chi connectivity index (χ4v) is 5.70. The van der Waals surface area contributed by atoms with Gasteiger partial charge in [0.25, 0.3) is 0 Å². The molecule has 2 aliphatic heterocycles. The van der Waals surface area contributed by atoms with Gasteiger partial charge in [-0.05, 0) is 69.5 Å². The first-order chi connectivity index (χ1) is 16.3. The number of piperidine rings is 1. The summed E-state index contributed by atoms with van der Waals surface area (Å²) in [5, 5.41) is 3.99. The van der Waals surface area contributed by atoms with Gasteiger partial charge in [0.05, 0.1) is 6.04 Å². The van der Waals surface area contributed by atoms with E-state index in [0.29, 0.717) is 21.3 Å². The Balaban J connectivity index is 1.90. The summed E-state index contributed by atoms with van der Waals surface area (Å²) < 4.78 is 5.49. The lowest BCUT2D eigenvalue weighted by molar-refractivity contribution is -0.162. The third-order valence-corrected chi connectivity index (χ3v) is 6.81. The average Bonchev–Trinajstić information content (AvgIpc) is 2.99. The van der Waals surface area contributed by atoms with Crippen molar-refractivity contribution in [2.24, 2.45) is 0 Å². The monoisotopic (exact) mass is 514 g/mol. The predicted molar refractivity (Wildman–Crippen MR) is 138 cm³/mol. The molecule has 2 aromatic rings. The molecular weight excluding hydrogens is 487 g/mol. The molecule has 0 saturated carbocycles. The van der Waals surface area contributed by atoms with E-state index >= 15 is 0 Å². The van der Waals surface area contributed by atoms with E-state index in [0.717, 1.165) is 16.7 Å². The number of nitrogens with one attached hydrogen (secondary N) is 1. The molecule has 2 aliphatic rings. The standard InChI is InChI=1S/C27H28Cl2N2O4/c1-15(2)24-27(10-9-21(32)31(24)14-22(33)35-26(3,4)5)23-19(16-7-6-8-17(28)11-16)12-18(29)13-20(23)30-25(27)34/h6-8,11-13,24H,1,9-10,14H2,2-5H3,(H,30,34)/t24-,27+/m0/s1. The van der Waals surface area contributed by atoms with Crippen molar-refractivity contribution in [3.8, 4) is 11.1 Å². The highest BCUT2D eigenvalue weighted by Crippen LogP contribution is 2.53. The number of esters is 1. The summed E-state index contributed by atoms with van der Waals surface area (Å²) in [5.41, 5.74) is 1.57. The molecule has 0 unspecified atom stereocenters. The van der Waals surface area contributed by atoms with E-state index in [1.165, 1.54) is 4.90 Å². The molecular formula is C27H28Cl2N2O4. The highest BCUT2D eigenvalue weighted by atomic mass is 35.5. The average molecular weight is 515 g/mol. The van der Waals surface area contributed by atoms with Gasteiger partial charge in [-0.15, -0.1) is 0 Å². The molecule has 1 N–H and O–H groups in total. The molecule has 2 amide bonds. The van der Waals surface area contributed by atoms with E-state index in [1.807, 2.05) is 18.2 Å². The Labute approximate surface area is 215 Å². The topological polar surface area (TPSA) is 75.7 Å².